The van der Waals surface area contributed by atoms with Gasteiger partial charge in [-0.15, -0.1) is 0 Å². The zero-order valence-electron chi connectivity index (χ0n) is 6.94. The first-order valence-corrected chi connectivity index (χ1v) is 4.72. The van der Waals surface area contributed by atoms with E-state index in [1.807, 2.05) is 0 Å². The van der Waals surface area contributed by atoms with Crippen LogP contribution in [-0.2, 0) is 6.18 Å². The van der Waals surface area contributed by atoms with Crippen molar-refractivity contribution in [1.82, 2.24) is 0 Å². The third kappa shape index (κ3) is 3.39. The van der Waals surface area contributed by atoms with Crippen LogP contribution in [0.2, 0.25) is 0 Å². The van der Waals surface area contributed by atoms with Crippen molar-refractivity contribution in [3.05, 3.63) is 28.2 Å². The van der Waals surface area contributed by atoms with Crippen molar-refractivity contribution in [1.29, 1.82) is 0 Å². The summed E-state index contributed by atoms with van der Waals surface area (Å²) < 4.78 is 41.1. The molecule has 0 spiro atoms. The van der Waals surface area contributed by atoms with Gasteiger partial charge in [-0.1, -0.05) is 0 Å². The minimum Gasteiger partial charge on any atom is -0.413 e. The van der Waals surface area contributed by atoms with E-state index in [2.05, 4.69) is 20.7 Å². The van der Waals surface area contributed by atoms with E-state index in [1.165, 1.54) is 0 Å². The van der Waals surface area contributed by atoms with Crippen molar-refractivity contribution in [3.63, 3.8) is 0 Å². The molecule has 0 aliphatic carbocycles. The maximum absolute atomic E-state index is 12.2. The lowest BCUT2D eigenvalue weighted by atomic mass is 10.2. The van der Waals surface area contributed by atoms with Gasteiger partial charge >= 0.3 is 11.6 Å². The zero-order chi connectivity index (χ0) is 11.6. The Bertz CT molecular complexity index is 392. The van der Waals surface area contributed by atoms with E-state index in [-0.39, 0.29) is 10.2 Å². The molecule has 0 fully saturated rings. The Morgan fingerprint density at radius 2 is 2.00 bits per heavy atom. The molecule has 2 nitrogen and oxygen atoms in total. The normalized spacial score (nSPS) is 11.3. The standard InChI is InChI=1S/C8H3BrClF3O2/c9-5-3-4(8(11,12)13)1-2-6(5)15-7(10)14/h1-3H. The maximum atomic E-state index is 12.2. The van der Waals surface area contributed by atoms with Crippen LogP contribution in [0.15, 0.2) is 22.7 Å². The van der Waals surface area contributed by atoms with Crippen LogP contribution < -0.4 is 4.74 Å². The minimum absolute atomic E-state index is 0.00586. The molecule has 15 heavy (non-hydrogen) atoms. The molecule has 0 unspecified atom stereocenters. The topological polar surface area (TPSA) is 26.3 Å². The monoisotopic (exact) mass is 302 g/mol. The summed E-state index contributed by atoms with van der Waals surface area (Å²) in [5, 5.41) is 0. The predicted octanol–water partition coefficient (Wildman–Crippen LogP) is 4.21. The van der Waals surface area contributed by atoms with Crippen LogP contribution in [0.4, 0.5) is 18.0 Å². The van der Waals surface area contributed by atoms with E-state index in [1.54, 1.807) is 0 Å². The fraction of sp³-hybridized carbons (Fsp3) is 0.125. The van der Waals surface area contributed by atoms with Crippen molar-refractivity contribution < 1.29 is 22.7 Å². The third-order valence-electron chi connectivity index (χ3n) is 1.45. The quantitative estimate of drug-likeness (QED) is 0.727. The van der Waals surface area contributed by atoms with Crippen molar-refractivity contribution in [3.8, 4) is 5.75 Å². The second-order valence-electron chi connectivity index (χ2n) is 2.48. The fourth-order valence-electron chi connectivity index (χ4n) is 0.846. The predicted molar refractivity (Wildman–Crippen MR) is 51.0 cm³/mol. The molecule has 0 amide bonds. The van der Waals surface area contributed by atoms with E-state index in [4.69, 9.17) is 11.6 Å². The number of carbonyl (C=O) groups is 1. The van der Waals surface area contributed by atoms with Gasteiger partial charge in [-0.05, 0) is 34.1 Å². The van der Waals surface area contributed by atoms with Gasteiger partial charge in [0.05, 0.1) is 10.0 Å². The zero-order valence-corrected chi connectivity index (χ0v) is 9.28. The van der Waals surface area contributed by atoms with Crippen molar-refractivity contribution in [2.45, 2.75) is 6.18 Å². The van der Waals surface area contributed by atoms with Gasteiger partial charge in [0.2, 0.25) is 0 Å². The van der Waals surface area contributed by atoms with Crippen LogP contribution in [0, 0.1) is 0 Å². The molecule has 1 rings (SSSR count). The average molecular weight is 303 g/mol. The van der Waals surface area contributed by atoms with E-state index < -0.39 is 17.2 Å². The number of rotatable bonds is 1. The Morgan fingerprint density at radius 1 is 1.40 bits per heavy atom. The first kappa shape index (κ1) is 12.3. The molecule has 1 aromatic carbocycles. The van der Waals surface area contributed by atoms with Crippen LogP contribution >= 0.6 is 27.5 Å². The Labute approximate surface area is 96.1 Å². The number of benzene rings is 1. The van der Waals surface area contributed by atoms with Crippen LogP contribution in [0.3, 0.4) is 0 Å². The summed E-state index contributed by atoms with van der Waals surface area (Å²) in [4.78, 5) is 10.3. The smallest absolute Gasteiger partial charge is 0.413 e. The molecule has 0 saturated carbocycles. The molecule has 0 aliphatic heterocycles. The second-order valence-corrected chi connectivity index (χ2v) is 3.65. The fourth-order valence-corrected chi connectivity index (χ4v) is 1.39. The lowest BCUT2D eigenvalue weighted by Gasteiger charge is -2.08. The molecule has 82 valence electrons. The molecule has 0 aliphatic rings. The Kier molecular flexibility index (Phi) is 3.62. The first-order valence-electron chi connectivity index (χ1n) is 3.55. The van der Waals surface area contributed by atoms with Gasteiger partial charge in [-0.2, -0.15) is 13.2 Å². The number of halogens is 5. The highest BCUT2D eigenvalue weighted by Crippen LogP contribution is 2.34. The van der Waals surface area contributed by atoms with Crippen LogP contribution in [-0.4, -0.2) is 5.43 Å². The summed E-state index contributed by atoms with van der Waals surface area (Å²) in [6.07, 6.45) is -4.44. The number of alkyl halides is 3. The van der Waals surface area contributed by atoms with E-state index in [0.29, 0.717) is 0 Å². The van der Waals surface area contributed by atoms with E-state index in [9.17, 15) is 18.0 Å². The molecule has 0 aromatic heterocycles. The molecule has 0 heterocycles. The summed E-state index contributed by atoms with van der Waals surface area (Å²) in [5.41, 5.74) is -1.96. The minimum atomic E-state index is -4.44. The lowest BCUT2D eigenvalue weighted by Crippen LogP contribution is -2.05. The maximum Gasteiger partial charge on any atom is 0.416 e. The summed E-state index contributed by atoms with van der Waals surface area (Å²) in [7, 11) is 0. The van der Waals surface area contributed by atoms with E-state index in [0.717, 1.165) is 18.2 Å². The first-order chi connectivity index (χ1) is 6.80. The number of hydrogen-bond donors (Lipinski definition) is 0. The Morgan fingerprint density at radius 3 is 2.40 bits per heavy atom. The molecule has 0 atom stereocenters. The molecular weight excluding hydrogens is 300 g/mol. The van der Waals surface area contributed by atoms with Crippen LogP contribution in [0.25, 0.3) is 0 Å². The van der Waals surface area contributed by atoms with Gasteiger partial charge in [0.25, 0.3) is 0 Å². The number of carbonyl (C=O) groups excluding carboxylic acids is 1. The second kappa shape index (κ2) is 4.40. The average Bonchev–Trinajstić information content (AvgIpc) is 2.05. The Hall–Kier alpha value is -0.750. The van der Waals surface area contributed by atoms with Gasteiger partial charge in [0.15, 0.2) is 0 Å². The molecule has 7 heteroatoms. The van der Waals surface area contributed by atoms with E-state index >= 15 is 0 Å². The van der Waals surface area contributed by atoms with Gasteiger partial charge in [-0.3, -0.25) is 0 Å². The lowest BCUT2D eigenvalue weighted by molar-refractivity contribution is -0.137. The summed E-state index contributed by atoms with van der Waals surface area (Å²) in [6.45, 7) is 0. The Balaban J connectivity index is 3.03. The highest BCUT2D eigenvalue weighted by molar-refractivity contribution is 9.10. The molecular formula is C8H3BrClF3O2. The summed E-state index contributed by atoms with van der Waals surface area (Å²) in [5.74, 6) is -0.0667. The van der Waals surface area contributed by atoms with Crippen molar-refractivity contribution in [2.24, 2.45) is 0 Å². The molecule has 0 saturated heterocycles. The van der Waals surface area contributed by atoms with Crippen molar-refractivity contribution in [2.75, 3.05) is 0 Å². The van der Waals surface area contributed by atoms with Crippen LogP contribution in [0.5, 0.6) is 5.75 Å². The SMILES string of the molecule is O=C(Cl)Oc1ccc(C(F)(F)F)cc1Br. The molecule has 0 bridgehead atoms. The summed E-state index contributed by atoms with van der Waals surface area (Å²) in [6, 6.07) is 2.60. The molecule has 0 N–H and O–H groups in total. The molecule has 0 radical (unpaired) electrons. The largest absolute Gasteiger partial charge is 0.416 e. The van der Waals surface area contributed by atoms with Crippen LogP contribution in [0.1, 0.15) is 5.56 Å². The number of ether oxygens (including phenoxy) is 1. The highest BCUT2D eigenvalue weighted by Gasteiger charge is 2.31. The van der Waals surface area contributed by atoms with Gasteiger partial charge < -0.3 is 4.74 Å². The van der Waals surface area contributed by atoms with Gasteiger partial charge in [0.1, 0.15) is 5.75 Å². The highest BCUT2D eigenvalue weighted by atomic mass is 79.9. The summed E-state index contributed by atoms with van der Waals surface area (Å²) >= 11 is 7.74. The number of hydrogen-bond acceptors (Lipinski definition) is 2. The van der Waals surface area contributed by atoms with Gasteiger partial charge in [0, 0.05) is 11.6 Å². The molecule has 1 aromatic rings. The van der Waals surface area contributed by atoms with Crippen molar-refractivity contribution >= 4 is 33.0 Å². The third-order valence-corrected chi connectivity index (χ3v) is 2.15. The van der Waals surface area contributed by atoms with Gasteiger partial charge in [-0.25, -0.2) is 4.79 Å².